The zero-order valence-electron chi connectivity index (χ0n) is 21.0. The summed E-state index contributed by atoms with van der Waals surface area (Å²) in [5, 5.41) is 0. The van der Waals surface area contributed by atoms with Gasteiger partial charge in [0, 0.05) is 24.1 Å². The molecule has 0 spiro atoms. The molecule has 8 nitrogen and oxygen atoms in total. The topological polar surface area (TPSA) is 85.4 Å². The van der Waals surface area contributed by atoms with Gasteiger partial charge in [-0.1, -0.05) is 30.0 Å². The van der Waals surface area contributed by atoms with E-state index >= 15 is 0 Å². The Hall–Kier alpha value is -3.67. The molecular weight excluding hydrogens is 525 g/mol. The number of carbonyl (C=O) groups excluding carboxylic acids is 3. The maximum atomic E-state index is 13.9. The molecule has 0 aromatic heterocycles. The number of benzene rings is 2. The van der Waals surface area contributed by atoms with Crippen molar-refractivity contribution in [3.8, 4) is 5.75 Å². The van der Waals surface area contributed by atoms with Crippen molar-refractivity contribution >= 4 is 35.8 Å². The van der Waals surface area contributed by atoms with Crippen LogP contribution >= 0.6 is 11.8 Å². The van der Waals surface area contributed by atoms with Crippen LogP contribution in [0.4, 0.5) is 18.0 Å². The Balaban J connectivity index is 1.83. The fourth-order valence-electron chi connectivity index (χ4n) is 3.83. The molecule has 2 amide bonds. The Bertz CT molecular complexity index is 1200. The minimum absolute atomic E-state index is 0.0145. The molecule has 1 heterocycles. The van der Waals surface area contributed by atoms with Gasteiger partial charge in [0.25, 0.3) is 0 Å². The lowest BCUT2D eigenvalue weighted by molar-refractivity contribution is -0.154. The quantitative estimate of drug-likeness (QED) is 0.363. The first-order valence-corrected chi connectivity index (χ1v) is 12.4. The average molecular weight is 553 g/mol. The van der Waals surface area contributed by atoms with E-state index in [0.717, 1.165) is 31.0 Å². The Morgan fingerprint density at radius 3 is 2.45 bits per heavy atom. The first-order chi connectivity index (χ1) is 18.1. The third kappa shape index (κ3) is 7.00. The smallest absolute Gasteiger partial charge is 0.417 e. The summed E-state index contributed by atoms with van der Waals surface area (Å²) < 4.78 is 56.8. The average Bonchev–Trinajstić information content (AvgIpc) is 2.91. The fraction of sp³-hybridized carbons (Fsp3) is 0.346. The van der Waals surface area contributed by atoms with Crippen molar-refractivity contribution in [2.75, 3.05) is 40.5 Å². The summed E-state index contributed by atoms with van der Waals surface area (Å²) in [5.74, 6) is -0.855. The van der Waals surface area contributed by atoms with E-state index in [0.29, 0.717) is 17.3 Å². The van der Waals surface area contributed by atoms with E-state index in [-0.39, 0.29) is 30.1 Å². The second-order valence-corrected chi connectivity index (χ2v) is 9.14. The zero-order valence-corrected chi connectivity index (χ0v) is 21.8. The van der Waals surface area contributed by atoms with E-state index in [1.165, 1.54) is 35.1 Å². The van der Waals surface area contributed by atoms with Crippen LogP contribution in [-0.4, -0.2) is 74.3 Å². The van der Waals surface area contributed by atoms with Crippen molar-refractivity contribution in [2.45, 2.75) is 28.9 Å². The number of ether oxygens (including phenoxy) is 3. The highest BCUT2D eigenvalue weighted by molar-refractivity contribution is 7.99. The molecule has 1 aliphatic rings. The zero-order chi connectivity index (χ0) is 27.9. The number of halogens is 3. The molecule has 1 saturated heterocycles. The molecule has 0 saturated carbocycles. The number of nitrogens with zero attached hydrogens (tertiary/aromatic N) is 2. The Morgan fingerprint density at radius 2 is 1.79 bits per heavy atom. The summed E-state index contributed by atoms with van der Waals surface area (Å²) in [6.07, 6.45) is -2.95. The molecule has 0 bridgehead atoms. The van der Waals surface area contributed by atoms with Gasteiger partial charge in [-0.25, -0.2) is 9.59 Å². The van der Waals surface area contributed by atoms with Gasteiger partial charge in [-0.3, -0.25) is 4.79 Å². The number of alkyl halides is 3. The molecule has 2 aromatic rings. The molecule has 1 unspecified atom stereocenters. The molecule has 0 radical (unpaired) electrons. The molecule has 3 rings (SSSR count). The maximum Gasteiger partial charge on any atom is 0.417 e. The molecule has 0 aliphatic carbocycles. The van der Waals surface area contributed by atoms with Crippen molar-refractivity contribution in [3.05, 3.63) is 59.7 Å². The monoisotopic (exact) mass is 552 g/mol. The first kappa shape index (κ1) is 28.9. The molecule has 38 heavy (non-hydrogen) atoms. The van der Waals surface area contributed by atoms with Crippen molar-refractivity contribution < 1.29 is 41.8 Å². The number of para-hydroxylation sites is 1. The molecule has 0 N–H and O–H groups in total. The van der Waals surface area contributed by atoms with Gasteiger partial charge < -0.3 is 24.0 Å². The van der Waals surface area contributed by atoms with E-state index in [9.17, 15) is 27.6 Å². The van der Waals surface area contributed by atoms with Crippen molar-refractivity contribution in [1.29, 1.82) is 0 Å². The van der Waals surface area contributed by atoms with Crippen LogP contribution in [-0.2, 0) is 25.2 Å². The van der Waals surface area contributed by atoms with Crippen molar-refractivity contribution in [3.63, 3.8) is 0 Å². The van der Waals surface area contributed by atoms with Gasteiger partial charge >= 0.3 is 18.2 Å². The van der Waals surface area contributed by atoms with Gasteiger partial charge in [-0.15, -0.1) is 0 Å². The van der Waals surface area contributed by atoms with Gasteiger partial charge in [-0.2, -0.15) is 13.2 Å². The third-order valence-corrected chi connectivity index (χ3v) is 6.80. The van der Waals surface area contributed by atoms with Gasteiger partial charge in [0.1, 0.15) is 11.8 Å². The summed E-state index contributed by atoms with van der Waals surface area (Å²) in [4.78, 5) is 40.0. The number of carbonyl (C=O) groups is 3. The van der Waals surface area contributed by atoms with Crippen LogP contribution in [0.25, 0.3) is 6.08 Å². The van der Waals surface area contributed by atoms with Gasteiger partial charge in [0.05, 0.1) is 37.8 Å². The second-order valence-electron chi connectivity index (χ2n) is 8.06. The van der Waals surface area contributed by atoms with E-state index in [2.05, 4.69) is 4.74 Å². The van der Waals surface area contributed by atoms with Crippen molar-refractivity contribution in [2.24, 2.45) is 0 Å². The highest BCUT2D eigenvalue weighted by Crippen LogP contribution is 2.42. The van der Waals surface area contributed by atoms with Crippen LogP contribution in [0.5, 0.6) is 5.75 Å². The minimum Gasteiger partial charge on any atom is -0.493 e. The highest BCUT2D eigenvalue weighted by Gasteiger charge is 2.37. The number of methoxy groups -OCH3 is 2. The summed E-state index contributed by atoms with van der Waals surface area (Å²) in [6.45, 7) is 2.16. The standard InChI is InChI=1S/C26H27F3N2O6S/c1-4-37-20-7-5-6-8-22(20)38-21-11-9-17(15-18(21)26(27,28)29)10-12-23(32)31-14-13-30(25(34)36-3)16-19(31)24(33)35-2/h5-12,15,19H,4,13-14,16H2,1-3H3. The van der Waals surface area contributed by atoms with Crippen molar-refractivity contribution in [1.82, 2.24) is 9.80 Å². The van der Waals surface area contributed by atoms with E-state index in [1.807, 2.05) is 0 Å². The Morgan fingerprint density at radius 1 is 1.05 bits per heavy atom. The summed E-state index contributed by atoms with van der Waals surface area (Å²) in [5.41, 5.74) is -0.710. The normalized spacial score (nSPS) is 15.9. The summed E-state index contributed by atoms with van der Waals surface area (Å²) >= 11 is 0.936. The molecule has 1 fully saturated rings. The van der Waals surface area contributed by atoms with Crippen LogP contribution in [0.3, 0.4) is 0 Å². The van der Waals surface area contributed by atoms with E-state index in [1.54, 1.807) is 31.2 Å². The summed E-state index contributed by atoms with van der Waals surface area (Å²) in [7, 11) is 2.36. The SMILES string of the molecule is CCOc1ccccc1Sc1ccc(C=CC(=O)N2CCN(C(=O)OC)CC2C(=O)OC)cc1C(F)(F)F. The summed E-state index contributed by atoms with van der Waals surface area (Å²) in [6, 6.07) is 9.51. The second kappa shape index (κ2) is 12.7. The fourth-order valence-corrected chi connectivity index (χ4v) is 4.86. The molecular formula is C26H27F3N2O6S. The van der Waals surface area contributed by atoms with E-state index in [4.69, 9.17) is 9.47 Å². The Labute approximate surface area is 222 Å². The third-order valence-electron chi connectivity index (χ3n) is 5.67. The molecule has 12 heteroatoms. The van der Waals surface area contributed by atoms with Crippen LogP contribution in [0.1, 0.15) is 18.1 Å². The lowest BCUT2D eigenvalue weighted by Crippen LogP contribution is -2.59. The minimum atomic E-state index is -4.64. The van der Waals surface area contributed by atoms with E-state index < -0.39 is 35.8 Å². The lowest BCUT2D eigenvalue weighted by atomic mass is 10.1. The number of hydrogen-bond donors (Lipinski definition) is 0. The van der Waals surface area contributed by atoms with Gasteiger partial charge in [-0.05, 0) is 42.8 Å². The number of hydrogen-bond acceptors (Lipinski definition) is 7. The molecule has 2 aromatic carbocycles. The molecule has 1 aliphatic heterocycles. The molecule has 204 valence electrons. The lowest BCUT2D eigenvalue weighted by Gasteiger charge is -2.38. The first-order valence-electron chi connectivity index (χ1n) is 11.6. The maximum absolute atomic E-state index is 13.9. The highest BCUT2D eigenvalue weighted by atomic mass is 32.2. The van der Waals surface area contributed by atoms with Gasteiger partial charge in [0.15, 0.2) is 0 Å². The largest absolute Gasteiger partial charge is 0.493 e. The molecule has 1 atom stereocenters. The van der Waals surface area contributed by atoms with Crippen LogP contribution < -0.4 is 4.74 Å². The Kier molecular flexibility index (Phi) is 9.67. The number of esters is 1. The number of amides is 2. The number of rotatable bonds is 7. The van der Waals surface area contributed by atoms with Crippen LogP contribution in [0, 0.1) is 0 Å². The predicted octanol–water partition coefficient (Wildman–Crippen LogP) is 4.72. The number of piperazine rings is 1. The van der Waals surface area contributed by atoms with Gasteiger partial charge in [0.2, 0.25) is 5.91 Å². The van der Waals surface area contributed by atoms with Crippen LogP contribution in [0.2, 0.25) is 0 Å². The van der Waals surface area contributed by atoms with Crippen LogP contribution in [0.15, 0.2) is 58.3 Å². The predicted molar refractivity (Wildman–Crippen MR) is 134 cm³/mol.